The highest BCUT2D eigenvalue weighted by Gasteiger charge is 2.45. The Labute approximate surface area is 613 Å². The number of carbonyl (C=O) groups is 12. The molecule has 588 valence electrons. The molecule has 4 rings (SSSR count). The van der Waals surface area contributed by atoms with Crippen molar-refractivity contribution in [1.82, 2.24) is 60.5 Å². The summed E-state index contributed by atoms with van der Waals surface area (Å²) in [7, 11) is 9.95. The Hall–Kier alpha value is -6.55. The molecule has 2 saturated carbocycles. The number of hydrogen-bond acceptors (Lipinski definition) is 15. The molecule has 0 aromatic carbocycles. The Balaban J connectivity index is 1.93. The van der Waals surface area contributed by atoms with Crippen LogP contribution in [0.1, 0.15) is 212 Å². The van der Waals surface area contributed by atoms with Gasteiger partial charge in [-0.25, -0.2) is 4.39 Å². The van der Waals surface area contributed by atoms with Gasteiger partial charge in [0.2, 0.25) is 70.9 Å². The molecule has 27 nitrogen and oxygen atoms in total. The monoisotopic (exact) mass is 1460 g/mol. The first kappa shape index (κ1) is 88.8. The molecule has 13 atom stereocenters. The summed E-state index contributed by atoms with van der Waals surface area (Å²) >= 11 is 0. The predicted octanol–water partition coefficient (Wildman–Crippen LogP) is 4.41. The number of nitrogens with one attached hydrogen (secondary N) is 4. The van der Waals surface area contributed by atoms with Gasteiger partial charge in [-0.05, 0) is 147 Å². The van der Waals surface area contributed by atoms with Crippen LogP contribution in [0.25, 0.3) is 0 Å². The highest BCUT2D eigenvalue weighted by molar-refractivity contribution is 5.99. The van der Waals surface area contributed by atoms with Gasteiger partial charge in [0.1, 0.15) is 60.5 Å². The zero-order valence-electron chi connectivity index (χ0n) is 65.7. The maximum absolute atomic E-state index is 15.6. The summed E-state index contributed by atoms with van der Waals surface area (Å²) in [6.07, 6.45) is 2.38. The van der Waals surface area contributed by atoms with Crippen LogP contribution in [0.3, 0.4) is 0 Å². The van der Waals surface area contributed by atoms with Crippen LogP contribution in [0.15, 0.2) is 0 Å². The van der Waals surface area contributed by atoms with Gasteiger partial charge in [0, 0.05) is 75.4 Å². The summed E-state index contributed by atoms with van der Waals surface area (Å²) in [5, 5.41) is 33.1. The highest BCUT2D eigenvalue weighted by atomic mass is 19.1. The third-order valence-corrected chi connectivity index (χ3v) is 20.8. The number of aliphatic hydroxyl groups excluding tert-OH is 2. The van der Waals surface area contributed by atoms with Crippen LogP contribution in [0.4, 0.5) is 4.39 Å². The Morgan fingerprint density at radius 3 is 1.50 bits per heavy atom. The highest BCUT2D eigenvalue weighted by Crippen LogP contribution is 2.33. The lowest BCUT2D eigenvalue weighted by Crippen LogP contribution is -2.62. The molecule has 2 saturated heterocycles. The SMILES string of the molecule is CC(C)C[C@H]1C(=O)N[C@H](C(=O)N2CCCCC2)CC(=O)N(C)CCCC(=O)N(C)[C@@H](CC(C)C)C(=O)N[C@@H](CC2CCC(O)C(F)C2)C(=O)N(C)[C@@H](CC(C)C)C(=O)N(C)[C@@H](CC2CCCCC2)C(=O)N[C@@H](COC(C)(C)C)C(=O)N(C)[C@@H](CC(C)C)C(=O)N[C@@H]([C@@H](C)O)C(=O)N(C)CC(=O)N1C. The van der Waals surface area contributed by atoms with Crippen LogP contribution < -0.4 is 21.3 Å². The standard InChI is InChI=1S/C75H131FN12O15/c1-45(2)35-56-66(94)77-53(40-51-30-31-61(90)52(76)39-51)70(98)87(19)60(38-48(7)8)73(101)86(18)59(41-50-27-22-20-23-28-50)68(96)79-55(44-103-75(10,11)12)71(99)85(17)58(37-47(5)6)69(97)80-65(49(9)89)74(102)82(14)43-64(93)84(16)57(36-46(3)4)67(95)78-54(72(100)88-33-24-21-25-34-88)42-63(92)81(13)32-26-29-62(91)83(56)15/h45-61,65,89-90H,20-44H2,1-19H3,(H,77,94)(H,78,95)(H,79,96)(H,80,97)/t49-,51?,52?,53+,54+,55+,56+,57+,58+,59+,60+,61?,65+/m1/s1. The maximum Gasteiger partial charge on any atom is 0.248 e. The molecule has 2 aliphatic carbocycles. The Morgan fingerprint density at radius 1 is 0.495 bits per heavy atom. The second-order valence-corrected chi connectivity index (χ2v) is 32.7. The van der Waals surface area contributed by atoms with E-state index in [2.05, 4.69) is 21.3 Å². The fourth-order valence-corrected chi connectivity index (χ4v) is 14.4. The zero-order valence-corrected chi connectivity index (χ0v) is 65.7. The number of rotatable bonds is 16. The predicted molar refractivity (Wildman–Crippen MR) is 389 cm³/mol. The van der Waals surface area contributed by atoms with Gasteiger partial charge in [0.25, 0.3) is 0 Å². The lowest BCUT2D eigenvalue weighted by molar-refractivity contribution is -0.151. The minimum Gasteiger partial charge on any atom is -0.391 e. The molecular formula is C75H131FN12O15. The molecule has 103 heavy (non-hydrogen) atoms. The molecule has 2 aliphatic heterocycles. The van der Waals surface area contributed by atoms with E-state index in [4.69, 9.17) is 4.74 Å². The maximum atomic E-state index is 15.6. The van der Waals surface area contributed by atoms with E-state index in [9.17, 15) is 43.8 Å². The summed E-state index contributed by atoms with van der Waals surface area (Å²) in [6, 6.07) is -12.1. The van der Waals surface area contributed by atoms with Crippen molar-refractivity contribution in [3.8, 4) is 0 Å². The minimum absolute atomic E-state index is 0.0191. The van der Waals surface area contributed by atoms with E-state index < -0.39 is 175 Å². The number of carbonyl (C=O) groups excluding carboxylic acids is 12. The second-order valence-electron chi connectivity index (χ2n) is 32.7. The Morgan fingerprint density at radius 2 is 0.961 bits per heavy atom. The number of piperidine rings is 1. The van der Waals surface area contributed by atoms with Crippen molar-refractivity contribution in [3.05, 3.63) is 0 Å². The molecule has 0 radical (unpaired) electrons. The third-order valence-electron chi connectivity index (χ3n) is 20.8. The molecule has 4 aliphatic rings. The molecular weight excluding hydrogens is 1330 g/mol. The van der Waals surface area contributed by atoms with Crippen molar-refractivity contribution >= 4 is 70.9 Å². The van der Waals surface area contributed by atoms with Crippen LogP contribution in [0.5, 0.6) is 0 Å². The number of likely N-dealkylation sites (N-methyl/N-ethyl adjacent to an activating group) is 6. The molecule has 3 unspecified atom stereocenters. The number of aliphatic hydroxyl groups is 2. The molecule has 2 heterocycles. The first-order valence-electron chi connectivity index (χ1n) is 38.0. The van der Waals surface area contributed by atoms with E-state index in [1.54, 1.807) is 25.7 Å². The van der Waals surface area contributed by atoms with Crippen molar-refractivity contribution < 1.29 is 76.9 Å². The largest absolute Gasteiger partial charge is 0.391 e. The number of ether oxygens (including phenoxy) is 1. The molecule has 28 heteroatoms. The quantitative estimate of drug-likeness (QED) is 0.125. The smallest absolute Gasteiger partial charge is 0.248 e. The lowest BCUT2D eigenvalue weighted by Gasteiger charge is -2.39. The van der Waals surface area contributed by atoms with Gasteiger partial charge in [0.15, 0.2) is 0 Å². The van der Waals surface area contributed by atoms with Crippen molar-refractivity contribution in [2.24, 2.45) is 35.5 Å². The molecule has 0 bridgehead atoms. The summed E-state index contributed by atoms with van der Waals surface area (Å²) in [5.74, 6) is -9.55. The number of likely N-dealkylation sites (tertiary alicyclic amines) is 1. The topological polar surface area (TPSA) is 329 Å². The van der Waals surface area contributed by atoms with Gasteiger partial charge in [-0.2, -0.15) is 0 Å². The first-order chi connectivity index (χ1) is 48.0. The number of halogens is 1. The average molecular weight is 1460 g/mol. The zero-order chi connectivity index (χ0) is 77.7. The van der Waals surface area contributed by atoms with Gasteiger partial charge in [-0.15, -0.1) is 0 Å². The molecule has 0 aromatic rings. The Kier molecular flexibility index (Phi) is 35.7. The van der Waals surface area contributed by atoms with E-state index in [1.165, 1.54) is 75.9 Å². The summed E-state index contributed by atoms with van der Waals surface area (Å²) < 4.78 is 21.7. The van der Waals surface area contributed by atoms with Gasteiger partial charge < -0.3 is 75.4 Å². The van der Waals surface area contributed by atoms with Crippen LogP contribution in [0, 0.1) is 35.5 Å². The van der Waals surface area contributed by atoms with Gasteiger partial charge in [0.05, 0.1) is 37.4 Å². The molecule has 4 fully saturated rings. The number of alkyl halides is 1. The number of amides is 12. The minimum atomic E-state index is -1.68. The fraction of sp³-hybridized carbons (Fsp3) is 0.840. The van der Waals surface area contributed by atoms with Crippen LogP contribution in [-0.4, -0.2) is 281 Å². The van der Waals surface area contributed by atoms with Crippen LogP contribution in [-0.2, 0) is 62.3 Å². The molecule has 0 aromatic heterocycles. The van der Waals surface area contributed by atoms with E-state index in [0.717, 1.165) is 53.2 Å². The third kappa shape index (κ3) is 27.4. The molecule has 12 amide bonds. The second kappa shape index (κ2) is 41.4. The van der Waals surface area contributed by atoms with E-state index in [0.29, 0.717) is 32.4 Å². The van der Waals surface area contributed by atoms with Crippen LogP contribution in [0.2, 0.25) is 0 Å². The van der Waals surface area contributed by atoms with Gasteiger partial charge in [-0.3, -0.25) is 57.5 Å². The summed E-state index contributed by atoms with van der Waals surface area (Å²) in [6.45, 7) is 21.1. The van der Waals surface area contributed by atoms with E-state index in [-0.39, 0.29) is 100 Å². The van der Waals surface area contributed by atoms with E-state index >= 15 is 28.4 Å². The van der Waals surface area contributed by atoms with Crippen molar-refractivity contribution in [2.75, 3.05) is 82.1 Å². The summed E-state index contributed by atoms with van der Waals surface area (Å²) in [4.78, 5) is 189. The van der Waals surface area contributed by atoms with Gasteiger partial charge in [-0.1, -0.05) is 87.5 Å². The molecule has 6 N–H and O–H groups in total. The lowest BCUT2D eigenvalue weighted by atomic mass is 9.82. The van der Waals surface area contributed by atoms with Crippen LogP contribution >= 0.6 is 0 Å². The Bertz CT molecular complexity index is 2840. The van der Waals surface area contributed by atoms with Crippen molar-refractivity contribution in [1.29, 1.82) is 0 Å². The summed E-state index contributed by atoms with van der Waals surface area (Å²) in [5.41, 5.74) is -0.867. The first-order valence-corrected chi connectivity index (χ1v) is 38.0. The van der Waals surface area contributed by atoms with Crippen molar-refractivity contribution in [2.45, 2.75) is 290 Å². The van der Waals surface area contributed by atoms with Crippen molar-refractivity contribution in [3.63, 3.8) is 0 Å². The normalized spacial score (nSPS) is 28.6. The van der Waals surface area contributed by atoms with E-state index in [1.807, 2.05) is 55.4 Å². The number of nitrogens with zero attached hydrogens (tertiary/aromatic N) is 8. The molecule has 0 spiro atoms. The average Bonchev–Trinajstić information content (AvgIpc) is 0.817. The van der Waals surface area contributed by atoms with Gasteiger partial charge >= 0.3 is 0 Å². The number of hydrogen-bond donors (Lipinski definition) is 6. The fourth-order valence-electron chi connectivity index (χ4n) is 14.4.